The summed E-state index contributed by atoms with van der Waals surface area (Å²) >= 11 is 6.33. The first kappa shape index (κ1) is 23.0. The molecule has 0 aliphatic carbocycles. The zero-order valence-corrected chi connectivity index (χ0v) is 19.5. The standard InChI is InChI=1S/C26H28ClN5O/c1-19(25-14-29-18-32(25)15-21-10-8-20(13-28)9-11-21)30-26(33)23-6-4-12-31(17-23)16-22-5-2-3-7-24(22)27/h2-3,5,7-11,14,18-19,23H,4,6,12,15-17H2,1H3,(H,30,33). The van der Waals surface area contributed by atoms with E-state index in [9.17, 15) is 4.79 Å². The minimum Gasteiger partial charge on any atom is -0.348 e. The van der Waals surface area contributed by atoms with Gasteiger partial charge >= 0.3 is 0 Å². The molecule has 1 saturated heterocycles. The number of likely N-dealkylation sites (tertiary alicyclic amines) is 1. The maximum Gasteiger partial charge on any atom is 0.224 e. The third kappa shape index (κ3) is 5.81. The van der Waals surface area contributed by atoms with Gasteiger partial charge in [0, 0.05) is 24.7 Å². The Morgan fingerprint density at radius 2 is 2.03 bits per heavy atom. The minimum atomic E-state index is -0.155. The van der Waals surface area contributed by atoms with Crippen molar-refractivity contribution in [3.05, 3.63) is 88.5 Å². The largest absolute Gasteiger partial charge is 0.348 e. The van der Waals surface area contributed by atoms with Crippen molar-refractivity contribution in [1.29, 1.82) is 5.26 Å². The highest BCUT2D eigenvalue weighted by Gasteiger charge is 2.27. The number of hydrogen-bond donors (Lipinski definition) is 1. The second kappa shape index (κ2) is 10.7. The molecule has 0 saturated carbocycles. The number of benzene rings is 2. The van der Waals surface area contributed by atoms with Gasteiger partial charge in [0.05, 0.1) is 41.8 Å². The topological polar surface area (TPSA) is 74.0 Å². The van der Waals surface area contributed by atoms with E-state index < -0.39 is 0 Å². The Morgan fingerprint density at radius 1 is 1.24 bits per heavy atom. The number of rotatable bonds is 7. The molecule has 0 bridgehead atoms. The van der Waals surface area contributed by atoms with Crippen LogP contribution in [0.25, 0.3) is 0 Å². The Kier molecular flexibility index (Phi) is 7.43. The van der Waals surface area contributed by atoms with Crippen LogP contribution in [0.3, 0.4) is 0 Å². The molecule has 0 spiro atoms. The quantitative estimate of drug-likeness (QED) is 0.560. The van der Waals surface area contributed by atoms with Gasteiger partial charge in [0.1, 0.15) is 0 Å². The molecule has 1 aliphatic heterocycles. The normalized spacial score (nSPS) is 17.3. The molecule has 33 heavy (non-hydrogen) atoms. The lowest BCUT2D eigenvalue weighted by atomic mass is 9.96. The van der Waals surface area contributed by atoms with Crippen molar-refractivity contribution >= 4 is 17.5 Å². The number of halogens is 1. The Bertz CT molecular complexity index is 1130. The molecule has 170 valence electrons. The molecule has 1 aliphatic rings. The molecule has 1 amide bonds. The van der Waals surface area contributed by atoms with Crippen molar-refractivity contribution in [2.45, 2.75) is 38.9 Å². The van der Waals surface area contributed by atoms with E-state index in [4.69, 9.17) is 16.9 Å². The summed E-state index contributed by atoms with van der Waals surface area (Å²) in [6, 6.07) is 17.4. The second-order valence-corrected chi connectivity index (χ2v) is 9.06. The van der Waals surface area contributed by atoms with Crippen LogP contribution in [0.15, 0.2) is 61.1 Å². The van der Waals surface area contributed by atoms with Crippen molar-refractivity contribution in [1.82, 2.24) is 19.8 Å². The molecular formula is C26H28ClN5O. The molecule has 2 heterocycles. The van der Waals surface area contributed by atoms with Crippen LogP contribution in [0.5, 0.6) is 0 Å². The predicted molar refractivity (Wildman–Crippen MR) is 128 cm³/mol. The number of nitriles is 1. The van der Waals surface area contributed by atoms with Crippen molar-refractivity contribution in [2.24, 2.45) is 5.92 Å². The average Bonchev–Trinajstić information content (AvgIpc) is 3.29. The maximum atomic E-state index is 13.1. The average molecular weight is 462 g/mol. The van der Waals surface area contributed by atoms with Crippen LogP contribution in [0, 0.1) is 17.2 Å². The van der Waals surface area contributed by atoms with E-state index in [1.807, 2.05) is 60.0 Å². The SMILES string of the molecule is CC(NC(=O)C1CCCN(Cc2ccccc2Cl)C1)c1cncn1Cc1ccc(C#N)cc1. The molecule has 2 unspecified atom stereocenters. The lowest BCUT2D eigenvalue weighted by Gasteiger charge is -2.32. The highest BCUT2D eigenvalue weighted by molar-refractivity contribution is 6.31. The van der Waals surface area contributed by atoms with Gasteiger partial charge in [-0.1, -0.05) is 41.9 Å². The zero-order valence-electron chi connectivity index (χ0n) is 18.7. The maximum absolute atomic E-state index is 13.1. The first-order chi connectivity index (χ1) is 16.0. The van der Waals surface area contributed by atoms with Gasteiger partial charge < -0.3 is 9.88 Å². The van der Waals surface area contributed by atoms with Crippen LogP contribution in [-0.2, 0) is 17.9 Å². The molecule has 7 heteroatoms. The number of imidazole rings is 1. The van der Waals surface area contributed by atoms with E-state index in [0.29, 0.717) is 12.1 Å². The summed E-state index contributed by atoms with van der Waals surface area (Å²) in [5.74, 6) is 0.0380. The fourth-order valence-corrected chi connectivity index (χ4v) is 4.59. The van der Waals surface area contributed by atoms with Crippen LogP contribution in [0.1, 0.15) is 48.2 Å². The summed E-state index contributed by atoms with van der Waals surface area (Å²) in [5.41, 5.74) is 3.77. The summed E-state index contributed by atoms with van der Waals surface area (Å²) in [5, 5.41) is 12.9. The van der Waals surface area contributed by atoms with E-state index in [2.05, 4.69) is 21.3 Å². The van der Waals surface area contributed by atoms with Gasteiger partial charge in [0.2, 0.25) is 5.91 Å². The van der Waals surface area contributed by atoms with Gasteiger partial charge in [0.25, 0.3) is 0 Å². The molecule has 0 radical (unpaired) electrons. The number of carbonyl (C=O) groups is 1. The van der Waals surface area contributed by atoms with Crippen LogP contribution in [-0.4, -0.2) is 33.4 Å². The van der Waals surface area contributed by atoms with Crippen molar-refractivity contribution in [2.75, 3.05) is 13.1 Å². The summed E-state index contributed by atoms with van der Waals surface area (Å²) < 4.78 is 2.04. The smallest absolute Gasteiger partial charge is 0.224 e. The van der Waals surface area contributed by atoms with Crippen LogP contribution in [0.4, 0.5) is 0 Å². The Balaban J connectivity index is 1.36. The van der Waals surface area contributed by atoms with E-state index in [-0.39, 0.29) is 17.9 Å². The fraction of sp³-hybridized carbons (Fsp3) is 0.346. The van der Waals surface area contributed by atoms with E-state index in [0.717, 1.165) is 54.3 Å². The number of nitrogens with zero attached hydrogens (tertiary/aromatic N) is 4. The molecule has 6 nitrogen and oxygen atoms in total. The molecule has 1 aromatic heterocycles. The molecule has 2 aromatic carbocycles. The molecular weight excluding hydrogens is 434 g/mol. The van der Waals surface area contributed by atoms with Crippen molar-refractivity contribution < 1.29 is 4.79 Å². The first-order valence-corrected chi connectivity index (χ1v) is 11.7. The van der Waals surface area contributed by atoms with Gasteiger partial charge in [-0.3, -0.25) is 9.69 Å². The number of amides is 1. The molecule has 3 aromatic rings. The minimum absolute atomic E-state index is 0.0430. The van der Waals surface area contributed by atoms with Gasteiger partial charge in [0.15, 0.2) is 0 Å². The molecule has 2 atom stereocenters. The Hall–Kier alpha value is -3.14. The summed E-state index contributed by atoms with van der Waals surface area (Å²) in [6.45, 7) is 5.09. The molecule has 1 fully saturated rings. The highest BCUT2D eigenvalue weighted by atomic mass is 35.5. The third-order valence-corrected chi connectivity index (χ3v) is 6.58. The Morgan fingerprint density at radius 3 is 2.79 bits per heavy atom. The van der Waals surface area contributed by atoms with Gasteiger partial charge in [-0.2, -0.15) is 5.26 Å². The second-order valence-electron chi connectivity index (χ2n) is 8.65. The number of nitrogens with one attached hydrogen (secondary N) is 1. The van der Waals surface area contributed by atoms with E-state index >= 15 is 0 Å². The predicted octanol–water partition coefficient (Wildman–Crippen LogP) is 4.55. The number of aromatic nitrogens is 2. The third-order valence-electron chi connectivity index (χ3n) is 6.21. The molecule has 4 rings (SSSR count). The van der Waals surface area contributed by atoms with Crippen molar-refractivity contribution in [3.8, 4) is 6.07 Å². The van der Waals surface area contributed by atoms with Gasteiger partial charge in [-0.25, -0.2) is 4.98 Å². The number of piperidine rings is 1. The van der Waals surface area contributed by atoms with Crippen LogP contribution >= 0.6 is 11.6 Å². The number of carbonyl (C=O) groups excluding carboxylic acids is 1. The monoisotopic (exact) mass is 461 g/mol. The van der Waals surface area contributed by atoms with Gasteiger partial charge in [-0.05, 0) is 55.6 Å². The summed E-state index contributed by atoms with van der Waals surface area (Å²) in [7, 11) is 0. The number of hydrogen-bond acceptors (Lipinski definition) is 4. The van der Waals surface area contributed by atoms with Crippen LogP contribution < -0.4 is 5.32 Å². The van der Waals surface area contributed by atoms with E-state index in [1.165, 1.54) is 0 Å². The van der Waals surface area contributed by atoms with Gasteiger partial charge in [-0.15, -0.1) is 0 Å². The lowest BCUT2D eigenvalue weighted by molar-refractivity contribution is -0.127. The molecule has 1 N–H and O–H groups in total. The Labute approximate surface area is 199 Å². The fourth-order valence-electron chi connectivity index (χ4n) is 4.39. The zero-order chi connectivity index (χ0) is 23.2. The van der Waals surface area contributed by atoms with Crippen molar-refractivity contribution in [3.63, 3.8) is 0 Å². The van der Waals surface area contributed by atoms with Crippen LogP contribution in [0.2, 0.25) is 5.02 Å². The summed E-state index contributed by atoms with van der Waals surface area (Å²) in [4.78, 5) is 19.7. The lowest BCUT2D eigenvalue weighted by Crippen LogP contribution is -2.43. The first-order valence-electron chi connectivity index (χ1n) is 11.3. The highest BCUT2D eigenvalue weighted by Crippen LogP contribution is 2.23. The summed E-state index contributed by atoms with van der Waals surface area (Å²) in [6.07, 6.45) is 5.47. The van der Waals surface area contributed by atoms with E-state index in [1.54, 1.807) is 12.5 Å².